The lowest BCUT2D eigenvalue weighted by Gasteiger charge is -2.15. The van der Waals surface area contributed by atoms with Crippen LogP contribution in [0.3, 0.4) is 0 Å². The van der Waals surface area contributed by atoms with E-state index in [1.807, 2.05) is 71.0 Å². The van der Waals surface area contributed by atoms with Crippen molar-refractivity contribution >= 4 is 23.4 Å². The normalized spacial score (nSPS) is 11.9. The van der Waals surface area contributed by atoms with Crippen molar-refractivity contribution in [3.63, 3.8) is 0 Å². The molecule has 0 saturated carbocycles. The van der Waals surface area contributed by atoms with Crippen molar-refractivity contribution in [2.75, 3.05) is 5.32 Å². The van der Waals surface area contributed by atoms with Crippen LogP contribution in [0, 0.1) is 27.7 Å². The van der Waals surface area contributed by atoms with E-state index in [2.05, 4.69) is 10.4 Å². The highest BCUT2D eigenvalue weighted by Crippen LogP contribution is 2.24. The van der Waals surface area contributed by atoms with Crippen LogP contribution in [-0.2, 0) is 4.79 Å². The van der Waals surface area contributed by atoms with Crippen molar-refractivity contribution < 1.29 is 4.79 Å². The zero-order valence-corrected chi connectivity index (χ0v) is 18.1. The van der Waals surface area contributed by atoms with E-state index >= 15 is 0 Å². The van der Waals surface area contributed by atoms with E-state index in [-0.39, 0.29) is 16.7 Å². The minimum Gasteiger partial charge on any atom is -0.325 e. The Kier molecular flexibility index (Phi) is 6.23. The lowest BCUT2D eigenvalue weighted by atomic mass is 10.1. The molecular weight excluding hydrogens is 382 g/mol. The molecule has 0 aliphatic rings. The second kappa shape index (κ2) is 8.66. The fourth-order valence-corrected chi connectivity index (χ4v) is 3.66. The summed E-state index contributed by atoms with van der Waals surface area (Å²) in [6.45, 7) is 9.87. The molecule has 0 radical (unpaired) electrons. The third-order valence-electron chi connectivity index (χ3n) is 5.04. The Balaban J connectivity index is 1.79. The summed E-state index contributed by atoms with van der Waals surface area (Å²) in [5.74, 6) is -0.102. The molecule has 2 aromatic carbocycles. The molecule has 0 saturated heterocycles. The molecule has 0 bridgehead atoms. The highest BCUT2D eigenvalue weighted by molar-refractivity contribution is 8.00. The number of anilines is 1. The van der Waals surface area contributed by atoms with Gasteiger partial charge in [0.25, 0.3) is 5.56 Å². The predicted molar refractivity (Wildman–Crippen MR) is 119 cm³/mol. The standard InChI is InChI=1S/C23H25N3O2S/c1-14-9-10-19(13-16(14)3)26-22(27)12-11-21(25-26)29-18(5)23(28)24-20-8-6-7-15(2)17(20)4/h6-13,18H,1-5H3,(H,24,28)/t18-/m1/s1. The Labute approximate surface area is 175 Å². The number of rotatable bonds is 5. The van der Waals surface area contributed by atoms with Crippen LogP contribution >= 0.6 is 11.8 Å². The van der Waals surface area contributed by atoms with E-state index in [1.54, 1.807) is 6.07 Å². The number of benzene rings is 2. The summed E-state index contributed by atoms with van der Waals surface area (Å²) in [6.07, 6.45) is 0. The number of carbonyl (C=O) groups is 1. The molecule has 0 unspecified atom stereocenters. The van der Waals surface area contributed by atoms with Crippen LogP contribution in [0.15, 0.2) is 58.4 Å². The van der Waals surface area contributed by atoms with Crippen molar-refractivity contribution in [1.82, 2.24) is 9.78 Å². The minimum absolute atomic E-state index is 0.102. The number of hydrogen-bond acceptors (Lipinski definition) is 4. The molecule has 1 heterocycles. The highest BCUT2D eigenvalue weighted by atomic mass is 32.2. The molecule has 1 aromatic heterocycles. The fourth-order valence-electron chi connectivity index (χ4n) is 2.86. The largest absolute Gasteiger partial charge is 0.325 e. The fraction of sp³-hybridized carbons (Fsp3) is 0.261. The van der Waals surface area contributed by atoms with E-state index < -0.39 is 0 Å². The molecule has 0 aliphatic heterocycles. The first-order valence-corrected chi connectivity index (χ1v) is 10.4. The van der Waals surface area contributed by atoms with E-state index in [0.29, 0.717) is 10.7 Å². The maximum absolute atomic E-state index is 12.7. The maximum Gasteiger partial charge on any atom is 0.271 e. The minimum atomic E-state index is -0.367. The summed E-state index contributed by atoms with van der Waals surface area (Å²) in [6, 6.07) is 14.8. The summed E-state index contributed by atoms with van der Waals surface area (Å²) in [5, 5.41) is 7.70. The van der Waals surface area contributed by atoms with Gasteiger partial charge in [-0.15, -0.1) is 0 Å². The molecule has 0 spiro atoms. The lowest BCUT2D eigenvalue weighted by molar-refractivity contribution is -0.115. The summed E-state index contributed by atoms with van der Waals surface area (Å²) < 4.78 is 1.38. The van der Waals surface area contributed by atoms with E-state index in [0.717, 1.165) is 27.9 Å². The molecule has 1 amide bonds. The van der Waals surface area contributed by atoms with Crippen LogP contribution < -0.4 is 10.9 Å². The molecule has 5 nitrogen and oxygen atoms in total. The average molecular weight is 408 g/mol. The molecular formula is C23H25N3O2S. The average Bonchev–Trinajstić information content (AvgIpc) is 2.69. The van der Waals surface area contributed by atoms with Crippen molar-refractivity contribution in [2.45, 2.75) is 44.9 Å². The quantitative estimate of drug-likeness (QED) is 0.629. The van der Waals surface area contributed by atoms with E-state index in [9.17, 15) is 9.59 Å². The zero-order valence-electron chi connectivity index (χ0n) is 17.3. The van der Waals surface area contributed by atoms with E-state index in [1.165, 1.54) is 22.5 Å². The Hall–Kier alpha value is -2.86. The van der Waals surface area contributed by atoms with Crippen LogP contribution in [0.2, 0.25) is 0 Å². The summed E-state index contributed by atoms with van der Waals surface area (Å²) in [5.41, 5.74) is 5.76. The molecule has 3 aromatic rings. The van der Waals surface area contributed by atoms with Crippen LogP contribution in [0.5, 0.6) is 0 Å². The van der Waals surface area contributed by atoms with Crippen LogP contribution in [0.4, 0.5) is 5.69 Å². The van der Waals surface area contributed by atoms with Gasteiger partial charge in [-0.05, 0) is 81.1 Å². The van der Waals surface area contributed by atoms with Crippen molar-refractivity contribution in [3.05, 3.63) is 81.1 Å². The van der Waals surface area contributed by atoms with E-state index in [4.69, 9.17) is 0 Å². The lowest BCUT2D eigenvalue weighted by Crippen LogP contribution is -2.24. The highest BCUT2D eigenvalue weighted by Gasteiger charge is 2.17. The Morgan fingerprint density at radius 2 is 1.76 bits per heavy atom. The third-order valence-corrected chi connectivity index (χ3v) is 6.07. The first-order chi connectivity index (χ1) is 13.8. The Bertz CT molecular complexity index is 1120. The molecule has 0 aliphatic carbocycles. The van der Waals surface area contributed by atoms with Crippen molar-refractivity contribution in [1.29, 1.82) is 0 Å². The Morgan fingerprint density at radius 3 is 2.48 bits per heavy atom. The second-order valence-corrected chi connectivity index (χ2v) is 8.55. The van der Waals surface area contributed by atoms with Crippen LogP contribution in [0.1, 0.15) is 29.2 Å². The van der Waals surface area contributed by atoms with Gasteiger partial charge in [-0.3, -0.25) is 9.59 Å². The van der Waals surface area contributed by atoms with Gasteiger partial charge in [-0.1, -0.05) is 30.0 Å². The molecule has 1 atom stereocenters. The summed E-state index contributed by atoms with van der Waals surface area (Å²) in [7, 11) is 0. The third kappa shape index (κ3) is 4.77. The van der Waals surface area contributed by atoms with Gasteiger partial charge in [0.15, 0.2) is 0 Å². The molecule has 0 fully saturated rings. The van der Waals surface area contributed by atoms with Gasteiger partial charge in [-0.2, -0.15) is 9.78 Å². The number of carbonyl (C=O) groups excluding carboxylic acids is 1. The number of nitrogens with one attached hydrogen (secondary N) is 1. The number of hydrogen-bond donors (Lipinski definition) is 1. The molecule has 6 heteroatoms. The summed E-state index contributed by atoms with van der Waals surface area (Å²) in [4.78, 5) is 25.0. The summed E-state index contributed by atoms with van der Waals surface area (Å²) >= 11 is 1.32. The SMILES string of the molecule is Cc1ccc(-n2nc(S[C@H](C)C(=O)Nc3cccc(C)c3C)ccc2=O)cc1C. The number of amides is 1. The van der Waals surface area contributed by atoms with Gasteiger partial charge in [0.1, 0.15) is 5.03 Å². The van der Waals surface area contributed by atoms with Crippen molar-refractivity contribution in [3.8, 4) is 5.69 Å². The van der Waals surface area contributed by atoms with Gasteiger partial charge in [0.2, 0.25) is 5.91 Å². The number of nitrogens with zero attached hydrogens (tertiary/aromatic N) is 2. The van der Waals surface area contributed by atoms with Crippen LogP contribution in [-0.4, -0.2) is 20.9 Å². The molecule has 29 heavy (non-hydrogen) atoms. The zero-order chi connectivity index (χ0) is 21.1. The van der Waals surface area contributed by atoms with Gasteiger partial charge >= 0.3 is 0 Å². The first-order valence-electron chi connectivity index (χ1n) is 9.48. The van der Waals surface area contributed by atoms with Gasteiger partial charge < -0.3 is 5.32 Å². The topological polar surface area (TPSA) is 64.0 Å². The number of aryl methyl sites for hydroxylation is 3. The number of thioether (sulfide) groups is 1. The maximum atomic E-state index is 12.7. The Morgan fingerprint density at radius 1 is 1.00 bits per heavy atom. The smallest absolute Gasteiger partial charge is 0.271 e. The van der Waals surface area contributed by atoms with Gasteiger partial charge in [-0.25, -0.2) is 0 Å². The van der Waals surface area contributed by atoms with Crippen LogP contribution in [0.25, 0.3) is 5.69 Å². The molecule has 3 rings (SSSR count). The molecule has 150 valence electrons. The van der Waals surface area contributed by atoms with Crippen molar-refractivity contribution in [2.24, 2.45) is 0 Å². The first kappa shape index (κ1) is 20.9. The number of aromatic nitrogens is 2. The second-order valence-electron chi connectivity index (χ2n) is 7.19. The van der Waals surface area contributed by atoms with Gasteiger partial charge in [0, 0.05) is 11.8 Å². The monoisotopic (exact) mass is 407 g/mol. The van der Waals surface area contributed by atoms with Gasteiger partial charge in [0.05, 0.1) is 10.9 Å². The predicted octanol–water partition coefficient (Wildman–Crippen LogP) is 4.59. The molecule has 1 N–H and O–H groups in total.